The molecule has 25 heavy (non-hydrogen) atoms. The zero-order valence-electron chi connectivity index (χ0n) is 14.3. The number of hydrogen-bond acceptors (Lipinski definition) is 4. The molecule has 0 saturated carbocycles. The first-order chi connectivity index (χ1) is 12.0. The van der Waals surface area contributed by atoms with Gasteiger partial charge in [-0.2, -0.15) is 5.10 Å². The maximum Gasteiger partial charge on any atom is 0.277 e. The molecule has 1 heterocycles. The van der Waals surface area contributed by atoms with E-state index in [2.05, 4.69) is 5.10 Å². The Hall–Kier alpha value is -3.21. The Morgan fingerprint density at radius 1 is 1.04 bits per heavy atom. The molecular formula is C20H18N2O3. The minimum atomic E-state index is -0.438. The minimum absolute atomic E-state index is 0.0672. The van der Waals surface area contributed by atoms with Gasteiger partial charge in [-0.05, 0) is 25.1 Å². The highest BCUT2D eigenvalue weighted by Crippen LogP contribution is 2.22. The topological polar surface area (TPSA) is 61.2 Å². The number of methoxy groups -OCH3 is 1. The van der Waals surface area contributed by atoms with Crippen LogP contribution in [0, 0.1) is 6.92 Å². The molecule has 0 amide bonds. The van der Waals surface area contributed by atoms with Gasteiger partial charge in [0.05, 0.1) is 23.9 Å². The van der Waals surface area contributed by atoms with Gasteiger partial charge in [0, 0.05) is 12.6 Å². The Balaban J connectivity index is 2.14. The van der Waals surface area contributed by atoms with Crippen molar-refractivity contribution in [2.24, 2.45) is 7.05 Å². The van der Waals surface area contributed by atoms with Crippen LogP contribution in [0.25, 0.3) is 11.3 Å². The van der Waals surface area contributed by atoms with Crippen molar-refractivity contribution in [1.29, 1.82) is 0 Å². The first-order valence-corrected chi connectivity index (χ1v) is 7.84. The third-order valence-corrected chi connectivity index (χ3v) is 4.01. The van der Waals surface area contributed by atoms with E-state index in [1.807, 2.05) is 31.2 Å². The molecule has 0 saturated heterocycles. The van der Waals surface area contributed by atoms with Crippen molar-refractivity contribution >= 4 is 5.78 Å². The van der Waals surface area contributed by atoms with Crippen molar-refractivity contribution in [1.82, 2.24) is 9.78 Å². The van der Waals surface area contributed by atoms with Gasteiger partial charge < -0.3 is 4.74 Å². The van der Waals surface area contributed by atoms with Crippen molar-refractivity contribution in [3.63, 3.8) is 0 Å². The number of carbonyl (C=O) groups excluding carboxylic acids is 1. The first kappa shape index (κ1) is 16.6. The number of benzene rings is 2. The van der Waals surface area contributed by atoms with Crippen LogP contribution in [0.4, 0.5) is 0 Å². The van der Waals surface area contributed by atoms with Gasteiger partial charge in [-0.15, -0.1) is 0 Å². The molecule has 3 rings (SSSR count). The van der Waals surface area contributed by atoms with Crippen LogP contribution in [0.1, 0.15) is 21.5 Å². The number of ketones is 1. The van der Waals surface area contributed by atoms with E-state index in [0.29, 0.717) is 17.0 Å². The van der Waals surface area contributed by atoms with Crippen LogP contribution >= 0.6 is 0 Å². The summed E-state index contributed by atoms with van der Waals surface area (Å²) < 4.78 is 6.43. The fourth-order valence-electron chi connectivity index (χ4n) is 2.61. The van der Waals surface area contributed by atoms with Crippen LogP contribution in [0.2, 0.25) is 0 Å². The number of para-hydroxylation sites is 1. The minimum Gasteiger partial charge on any atom is -0.496 e. The summed E-state index contributed by atoms with van der Waals surface area (Å²) in [6, 6.07) is 16.2. The molecule has 0 spiro atoms. The fraction of sp³-hybridized carbons (Fsp3) is 0.150. The number of rotatable bonds is 4. The molecule has 0 aliphatic heterocycles. The Morgan fingerprint density at radius 3 is 2.40 bits per heavy atom. The third kappa shape index (κ3) is 3.21. The van der Waals surface area contributed by atoms with Crippen molar-refractivity contribution in [2.75, 3.05) is 7.11 Å². The molecule has 126 valence electrons. The van der Waals surface area contributed by atoms with Crippen LogP contribution in [0.15, 0.2) is 59.4 Å². The lowest BCUT2D eigenvalue weighted by atomic mass is 10.0. The normalized spacial score (nSPS) is 10.5. The predicted octanol–water partition coefficient (Wildman–Crippen LogP) is 3.00. The van der Waals surface area contributed by atoms with E-state index in [1.54, 1.807) is 37.4 Å². The quantitative estimate of drug-likeness (QED) is 0.688. The van der Waals surface area contributed by atoms with E-state index < -0.39 is 5.56 Å². The second-order valence-electron chi connectivity index (χ2n) is 5.77. The fourth-order valence-corrected chi connectivity index (χ4v) is 2.61. The lowest BCUT2D eigenvalue weighted by Gasteiger charge is -2.10. The number of aromatic nitrogens is 2. The SMILES string of the molecule is COc1ccccc1C(=O)c1cc(-c2ccc(C)cc2)nn(C)c1=O. The van der Waals surface area contributed by atoms with Gasteiger partial charge in [-0.1, -0.05) is 42.0 Å². The van der Waals surface area contributed by atoms with E-state index >= 15 is 0 Å². The molecule has 1 aromatic heterocycles. The smallest absolute Gasteiger partial charge is 0.277 e. The van der Waals surface area contributed by atoms with Crippen molar-refractivity contribution in [3.8, 4) is 17.0 Å². The average Bonchev–Trinajstić information content (AvgIpc) is 2.64. The lowest BCUT2D eigenvalue weighted by molar-refractivity contribution is 0.103. The van der Waals surface area contributed by atoms with E-state index in [4.69, 9.17) is 4.74 Å². The molecule has 0 unspecified atom stereocenters. The second-order valence-corrected chi connectivity index (χ2v) is 5.77. The van der Waals surface area contributed by atoms with E-state index in [-0.39, 0.29) is 11.3 Å². The summed E-state index contributed by atoms with van der Waals surface area (Å²) in [5, 5.41) is 4.27. The van der Waals surface area contributed by atoms with E-state index in [0.717, 1.165) is 11.1 Å². The Morgan fingerprint density at radius 2 is 1.72 bits per heavy atom. The maximum atomic E-state index is 12.9. The van der Waals surface area contributed by atoms with Crippen LogP contribution in [0.5, 0.6) is 5.75 Å². The first-order valence-electron chi connectivity index (χ1n) is 7.84. The van der Waals surface area contributed by atoms with E-state index in [9.17, 15) is 9.59 Å². The molecule has 0 bridgehead atoms. The van der Waals surface area contributed by atoms with Gasteiger partial charge in [0.25, 0.3) is 5.56 Å². The second kappa shape index (κ2) is 6.73. The number of carbonyl (C=O) groups is 1. The van der Waals surface area contributed by atoms with Crippen LogP contribution in [-0.2, 0) is 7.05 Å². The highest BCUT2D eigenvalue weighted by molar-refractivity contribution is 6.10. The lowest BCUT2D eigenvalue weighted by Crippen LogP contribution is -2.27. The molecule has 0 fully saturated rings. The summed E-state index contributed by atoms with van der Waals surface area (Å²) in [5.41, 5.74) is 2.52. The molecular weight excluding hydrogens is 316 g/mol. The van der Waals surface area contributed by atoms with Gasteiger partial charge in [0.15, 0.2) is 0 Å². The monoisotopic (exact) mass is 334 g/mol. The molecule has 0 N–H and O–H groups in total. The summed E-state index contributed by atoms with van der Waals surface area (Å²) in [6.45, 7) is 1.99. The van der Waals surface area contributed by atoms with Crippen molar-refractivity contribution < 1.29 is 9.53 Å². The van der Waals surface area contributed by atoms with Crippen molar-refractivity contribution in [3.05, 3.63) is 81.6 Å². The van der Waals surface area contributed by atoms with Gasteiger partial charge in [0.2, 0.25) is 5.78 Å². The zero-order chi connectivity index (χ0) is 18.0. The van der Waals surface area contributed by atoms with Gasteiger partial charge >= 0.3 is 0 Å². The Labute approximate surface area is 145 Å². The summed E-state index contributed by atoms with van der Waals surface area (Å²) >= 11 is 0. The average molecular weight is 334 g/mol. The molecule has 2 aromatic carbocycles. The third-order valence-electron chi connectivity index (χ3n) is 4.01. The van der Waals surface area contributed by atoms with Gasteiger partial charge in [0.1, 0.15) is 5.75 Å². The molecule has 3 aromatic rings. The summed E-state index contributed by atoms with van der Waals surface area (Å²) in [4.78, 5) is 25.4. The Bertz CT molecular complexity index is 989. The Kier molecular flexibility index (Phi) is 4.48. The van der Waals surface area contributed by atoms with Gasteiger partial charge in [-0.3, -0.25) is 9.59 Å². The van der Waals surface area contributed by atoms with E-state index in [1.165, 1.54) is 11.8 Å². The van der Waals surface area contributed by atoms with Crippen LogP contribution < -0.4 is 10.3 Å². The van der Waals surface area contributed by atoms with Crippen molar-refractivity contribution in [2.45, 2.75) is 6.92 Å². The number of ether oxygens (including phenoxy) is 1. The molecule has 0 aliphatic carbocycles. The summed E-state index contributed by atoms with van der Waals surface area (Å²) in [6.07, 6.45) is 0. The standard InChI is InChI=1S/C20H18N2O3/c1-13-8-10-14(11-9-13)17-12-16(20(24)22(2)21-17)19(23)15-6-4-5-7-18(15)25-3/h4-12H,1-3H3. The number of aryl methyl sites for hydroxylation is 2. The molecule has 5 heteroatoms. The highest BCUT2D eigenvalue weighted by atomic mass is 16.5. The molecule has 0 aliphatic rings. The molecule has 0 atom stereocenters. The van der Waals surface area contributed by atoms with Crippen LogP contribution in [-0.4, -0.2) is 22.7 Å². The maximum absolute atomic E-state index is 12.9. The molecule has 5 nitrogen and oxygen atoms in total. The van der Waals surface area contributed by atoms with Crippen LogP contribution in [0.3, 0.4) is 0 Å². The summed E-state index contributed by atoms with van der Waals surface area (Å²) in [7, 11) is 3.04. The molecule has 0 radical (unpaired) electrons. The predicted molar refractivity (Wildman–Crippen MR) is 96.1 cm³/mol. The largest absolute Gasteiger partial charge is 0.496 e. The van der Waals surface area contributed by atoms with Gasteiger partial charge in [-0.25, -0.2) is 4.68 Å². The summed E-state index contributed by atoms with van der Waals surface area (Å²) in [5.74, 6) is 0.0528. The number of nitrogens with zero attached hydrogens (tertiary/aromatic N) is 2. The highest BCUT2D eigenvalue weighted by Gasteiger charge is 2.19. The zero-order valence-corrected chi connectivity index (χ0v) is 14.3. The number of hydrogen-bond donors (Lipinski definition) is 0.